The van der Waals surface area contributed by atoms with E-state index in [0.717, 1.165) is 23.5 Å². The van der Waals surface area contributed by atoms with Crippen molar-refractivity contribution in [1.82, 2.24) is 19.7 Å². The first-order valence-corrected chi connectivity index (χ1v) is 9.95. The Kier molecular flexibility index (Phi) is 5.65. The number of hydrogen-bond acceptors (Lipinski definition) is 6. The molecule has 0 aromatic carbocycles. The predicted molar refractivity (Wildman–Crippen MR) is 108 cm³/mol. The van der Waals surface area contributed by atoms with Crippen LogP contribution in [0.1, 0.15) is 60.6 Å². The number of carbonyl (C=O) groups is 1. The lowest BCUT2D eigenvalue weighted by Gasteiger charge is -2.11. The standard InChI is InChI=1S/C19H23N5O2S/c1-5-12(6-2)18-22-23-19(27-18)21-17(26)14-10-24(7-3)16-13(15(14)25)9-8-11(4)20-16/h8-10,12H,5-7H2,1-4H3,(H,21,23,26). The monoisotopic (exact) mass is 385 g/mol. The van der Waals surface area contributed by atoms with Gasteiger partial charge < -0.3 is 4.57 Å². The normalized spacial score (nSPS) is 11.3. The van der Waals surface area contributed by atoms with E-state index >= 15 is 0 Å². The second kappa shape index (κ2) is 7.96. The molecule has 27 heavy (non-hydrogen) atoms. The average molecular weight is 385 g/mol. The molecule has 3 rings (SSSR count). The second-order valence-corrected chi connectivity index (χ2v) is 7.40. The molecule has 0 atom stereocenters. The van der Waals surface area contributed by atoms with E-state index in [1.54, 1.807) is 18.3 Å². The molecule has 0 spiro atoms. The lowest BCUT2D eigenvalue weighted by Crippen LogP contribution is -2.24. The summed E-state index contributed by atoms with van der Waals surface area (Å²) < 4.78 is 1.81. The first-order valence-electron chi connectivity index (χ1n) is 9.13. The Hall–Kier alpha value is -2.61. The van der Waals surface area contributed by atoms with Crippen LogP contribution in [0, 0.1) is 6.92 Å². The molecule has 0 saturated carbocycles. The lowest BCUT2D eigenvalue weighted by molar-refractivity contribution is 0.102. The van der Waals surface area contributed by atoms with Gasteiger partial charge in [0.15, 0.2) is 0 Å². The third kappa shape index (κ3) is 3.75. The van der Waals surface area contributed by atoms with E-state index in [1.807, 2.05) is 18.4 Å². The Morgan fingerprint density at radius 1 is 1.22 bits per heavy atom. The highest BCUT2D eigenvalue weighted by molar-refractivity contribution is 7.15. The summed E-state index contributed by atoms with van der Waals surface area (Å²) in [4.78, 5) is 30.0. The number of pyridine rings is 2. The van der Waals surface area contributed by atoms with Crippen LogP contribution in [-0.2, 0) is 6.54 Å². The van der Waals surface area contributed by atoms with E-state index in [4.69, 9.17) is 0 Å². The van der Waals surface area contributed by atoms with Gasteiger partial charge in [-0.2, -0.15) is 0 Å². The maximum Gasteiger partial charge on any atom is 0.262 e. The van der Waals surface area contributed by atoms with E-state index in [0.29, 0.717) is 28.6 Å². The highest BCUT2D eigenvalue weighted by Crippen LogP contribution is 2.28. The van der Waals surface area contributed by atoms with Crippen molar-refractivity contribution in [2.75, 3.05) is 5.32 Å². The molecule has 0 radical (unpaired) electrons. The summed E-state index contributed by atoms with van der Waals surface area (Å²) in [6, 6.07) is 3.50. The number of amides is 1. The SMILES string of the molecule is CCC(CC)c1nnc(NC(=O)c2cn(CC)c3nc(C)ccc3c2=O)s1. The van der Waals surface area contributed by atoms with Crippen LogP contribution in [0.15, 0.2) is 23.1 Å². The lowest BCUT2D eigenvalue weighted by atomic mass is 10.1. The van der Waals surface area contributed by atoms with Crippen molar-refractivity contribution in [3.05, 3.63) is 44.8 Å². The number of aryl methyl sites for hydroxylation is 2. The van der Waals surface area contributed by atoms with Crippen molar-refractivity contribution < 1.29 is 4.79 Å². The summed E-state index contributed by atoms with van der Waals surface area (Å²) in [5, 5.41) is 12.7. The summed E-state index contributed by atoms with van der Waals surface area (Å²) in [6.45, 7) is 8.63. The minimum atomic E-state index is -0.475. The van der Waals surface area contributed by atoms with Crippen LogP contribution < -0.4 is 10.7 Å². The fraction of sp³-hybridized carbons (Fsp3) is 0.421. The molecule has 7 nitrogen and oxygen atoms in total. The van der Waals surface area contributed by atoms with Crippen molar-refractivity contribution in [2.24, 2.45) is 0 Å². The summed E-state index contributed by atoms with van der Waals surface area (Å²) in [6.07, 6.45) is 3.50. The molecule has 0 fully saturated rings. The molecular weight excluding hydrogens is 362 g/mol. The highest BCUT2D eigenvalue weighted by Gasteiger charge is 2.19. The Morgan fingerprint density at radius 2 is 1.96 bits per heavy atom. The van der Waals surface area contributed by atoms with Crippen molar-refractivity contribution in [3.63, 3.8) is 0 Å². The first kappa shape index (κ1) is 19.2. The minimum absolute atomic E-state index is 0.0780. The first-order chi connectivity index (χ1) is 13.0. The number of nitrogens with zero attached hydrogens (tertiary/aromatic N) is 4. The zero-order valence-electron chi connectivity index (χ0n) is 15.9. The fourth-order valence-electron chi connectivity index (χ4n) is 3.02. The molecule has 1 amide bonds. The van der Waals surface area contributed by atoms with E-state index < -0.39 is 5.91 Å². The van der Waals surface area contributed by atoms with Crippen LogP contribution in [-0.4, -0.2) is 25.7 Å². The summed E-state index contributed by atoms with van der Waals surface area (Å²) >= 11 is 1.36. The van der Waals surface area contributed by atoms with Gasteiger partial charge in [-0.1, -0.05) is 25.2 Å². The van der Waals surface area contributed by atoms with Crippen LogP contribution in [0.4, 0.5) is 5.13 Å². The number of nitrogens with one attached hydrogen (secondary N) is 1. The fourth-order valence-corrected chi connectivity index (χ4v) is 4.02. The van der Waals surface area contributed by atoms with Gasteiger partial charge in [0.2, 0.25) is 10.6 Å². The van der Waals surface area contributed by atoms with E-state index in [2.05, 4.69) is 34.3 Å². The molecule has 8 heteroatoms. The van der Waals surface area contributed by atoms with Gasteiger partial charge in [0.25, 0.3) is 5.91 Å². The molecule has 1 N–H and O–H groups in total. The molecule has 142 valence electrons. The Labute approximate surface area is 161 Å². The van der Waals surface area contributed by atoms with Crippen molar-refractivity contribution in [2.45, 2.75) is 53.0 Å². The molecule has 0 aliphatic rings. The van der Waals surface area contributed by atoms with Crippen LogP contribution in [0.5, 0.6) is 0 Å². The maximum absolute atomic E-state index is 12.8. The van der Waals surface area contributed by atoms with Crippen molar-refractivity contribution in [1.29, 1.82) is 0 Å². The smallest absolute Gasteiger partial charge is 0.262 e. The molecule has 0 aliphatic carbocycles. The number of anilines is 1. The Morgan fingerprint density at radius 3 is 2.63 bits per heavy atom. The van der Waals surface area contributed by atoms with Crippen LogP contribution in [0.2, 0.25) is 0 Å². The van der Waals surface area contributed by atoms with E-state index in [-0.39, 0.29) is 11.0 Å². The van der Waals surface area contributed by atoms with Gasteiger partial charge in [0.05, 0.1) is 5.39 Å². The van der Waals surface area contributed by atoms with Gasteiger partial charge in [-0.05, 0) is 38.8 Å². The number of rotatable bonds is 6. The zero-order chi connectivity index (χ0) is 19.6. The third-order valence-corrected chi connectivity index (χ3v) is 5.64. The topological polar surface area (TPSA) is 89.8 Å². The molecular formula is C19H23N5O2S. The Balaban J connectivity index is 1.95. The highest BCUT2D eigenvalue weighted by atomic mass is 32.1. The molecule has 0 unspecified atom stereocenters. The minimum Gasteiger partial charge on any atom is -0.332 e. The number of fused-ring (bicyclic) bond motifs is 1. The van der Waals surface area contributed by atoms with Gasteiger partial charge in [0, 0.05) is 24.4 Å². The Bertz CT molecular complexity index is 1040. The van der Waals surface area contributed by atoms with Gasteiger partial charge in [-0.25, -0.2) is 4.98 Å². The molecule has 0 bridgehead atoms. The van der Waals surface area contributed by atoms with Gasteiger partial charge in [0.1, 0.15) is 16.2 Å². The molecule has 3 aromatic heterocycles. The van der Waals surface area contributed by atoms with Crippen molar-refractivity contribution >= 4 is 33.4 Å². The zero-order valence-corrected chi connectivity index (χ0v) is 16.8. The molecule has 3 heterocycles. The van der Waals surface area contributed by atoms with Gasteiger partial charge in [-0.15, -0.1) is 10.2 Å². The van der Waals surface area contributed by atoms with Crippen LogP contribution in [0.3, 0.4) is 0 Å². The average Bonchev–Trinajstić information content (AvgIpc) is 3.11. The van der Waals surface area contributed by atoms with Gasteiger partial charge in [-0.3, -0.25) is 14.9 Å². The molecule has 0 aliphatic heterocycles. The van der Waals surface area contributed by atoms with Crippen molar-refractivity contribution in [3.8, 4) is 0 Å². The summed E-state index contributed by atoms with van der Waals surface area (Å²) in [5.74, 6) is -0.141. The quantitative estimate of drug-likeness (QED) is 0.698. The summed E-state index contributed by atoms with van der Waals surface area (Å²) in [7, 11) is 0. The number of carbonyl (C=O) groups excluding carboxylic acids is 1. The van der Waals surface area contributed by atoms with E-state index in [1.165, 1.54) is 11.3 Å². The number of aromatic nitrogens is 4. The number of hydrogen-bond donors (Lipinski definition) is 1. The van der Waals surface area contributed by atoms with E-state index in [9.17, 15) is 9.59 Å². The second-order valence-electron chi connectivity index (χ2n) is 6.39. The summed E-state index contributed by atoms with van der Waals surface area (Å²) in [5.41, 5.74) is 1.16. The van der Waals surface area contributed by atoms with Crippen LogP contribution >= 0.6 is 11.3 Å². The predicted octanol–water partition coefficient (Wildman–Crippen LogP) is 3.73. The largest absolute Gasteiger partial charge is 0.332 e. The third-order valence-electron chi connectivity index (χ3n) is 4.64. The molecule has 3 aromatic rings. The van der Waals surface area contributed by atoms with Crippen LogP contribution in [0.25, 0.3) is 11.0 Å². The maximum atomic E-state index is 12.8. The molecule has 0 saturated heterocycles. The van der Waals surface area contributed by atoms with Gasteiger partial charge >= 0.3 is 0 Å².